The summed E-state index contributed by atoms with van der Waals surface area (Å²) < 4.78 is 6.37. The molecule has 4 aliphatic rings. The molecule has 0 aromatic carbocycles. The number of aliphatic hydroxyl groups excluding tert-OH is 1. The van der Waals surface area contributed by atoms with Gasteiger partial charge in [-0.05, 0) is 62.2 Å². The third kappa shape index (κ3) is 5.74. The monoisotopic (exact) mass is 591 g/mol. The highest BCUT2D eigenvalue weighted by atomic mass is 32.2. The maximum absolute atomic E-state index is 13.6. The number of esters is 1. The van der Waals surface area contributed by atoms with E-state index in [1.165, 1.54) is 30.7 Å². The zero-order chi connectivity index (χ0) is 30.3. The van der Waals surface area contributed by atoms with Crippen molar-refractivity contribution >= 4 is 35.4 Å². The Morgan fingerprint density at radius 3 is 2.49 bits per heavy atom. The SMILES string of the molecule is C=C[C@]1(C)C[C@@H](OC(=O)CSC2CCCC(N(OC(C)=O)C(C)=O)C2)[C@]2(C)[C@@H]3C(=O)CCC3(CC[C@@H]2C)[C@@H](C)C1O. The maximum Gasteiger partial charge on any atom is 0.329 e. The number of hydrogen-bond donors (Lipinski definition) is 1. The molecular formula is C32H49NO7S. The van der Waals surface area contributed by atoms with Gasteiger partial charge in [0.1, 0.15) is 11.9 Å². The topological polar surface area (TPSA) is 110 Å². The van der Waals surface area contributed by atoms with Crippen LogP contribution in [0.2, 0.25) is 0 Å². The van der Waals surface area contributed by atoms with Gasteiger partial charge in [-0.25, -0.2) is 0 Å². The molecule has 1 N–H and O–H groups in total. The molecule has 41 heavy (non-hydrogen) atoms. The highest BCUT2D eigenvalue weighted by molar-refractivity contribution is 8.00. The summed E-state index contributed by atoms with van der Waals surface area (Å²) in [7, 11) is 0. The van der Waals surface area contributed by atoms with Gasteiger partial charge in [0, 0.05) is 42.3 Å². The molecule has 4 unspecified atom stereocenters. The minimum absolute atomic E-state index is 0.0678. The molecule has 1 amide bonds. The van der Waals surface area contributed by atoms with E-state index in [9.17, 15) is 24.3 Å². The van der Waals surface area contributed by atoms with Crippen LogP contribution in [0.25, 0.3) is 0 Å². The number of aliphatic hydroxyl groups is 1. The van der Waals surface area contributed by atoms with Crippen LogP contribution in [-0.4, -0.2) is 63.1 Å². The van der Waals surface area contributed by atoms with E-state index in [1.54, 1.807) is 0 Å². The Balaban J connectivity index is 1.53. The van der Waals surface area contributed by atoms with E-state index in [-0.39, 0.29) is 57.9 Å². The van der Waals surface area contributed by atoms with Crippen LogP contribution in [0, 0.1) is 34.0 Å². The van der Waals surface area contributed by atoms with Crippen molar-refractivity contribution in [1.82, 2.24) is 5.06 Å². The first-order valence-corrected chi connectivity index (χ1v) is 16.4. The third-order valence-corrected chi connectivity index (χ3v) is 12.8. The van der Waals surface area contributed by atoms with Gasteiger partial charge >= 0.3 is 11.9 Å². The van der Waals surface area contributed by atoms with E-state index in [1.807, 2.05) is 13.0 Å². The van der Waals surface area contributed by atoms with Gasteiger partial charge in [-0.15, -0.1) is 18.3 Å². The Hall–Kier alpha value is -1.87. The van der Waals surface area contributed by atoms with Crippen molar-refractivity contribution in [3.05, 3.63) is 12.7 Å². The van der Waals surface area contributed by atoms with Gasteiger partial charge in [0.05, 0.1) is 17.9 Å². The van der Waals surface area contributed by atoms with Gasteiger partial charge in [0.2, 0.25) is 0 Å². The second kappa shape index (κ2) is 12.0. The maximum atomic E-state index is 13.6. The molecule has 8 nitrogen and oxygen atoms in total. The Morgan fingerprint density at radius 1 is 1.15 bits per heavy atom. The fourth-order valence-corrected chi connectivity index (χ4v) is 10.0. The molecule has 230 valence electrons. The average molecular weight is 592 g/mol. The zero-order valence-electron chi connectivity index (χ0n) is 25.6. The van der Waals surface area contributed by atoms with Crippen molar-refractivity contribution in [2.45, 2.75) is 123 Å². The predicted molar refractivity (Wildman–Crippen MR) is 157 cm³/mol. The predicted octanol–water partition coefficient (Wildman–Crippen LogP) is 5.26. The summed E-state index contributed by atoms with van der Waals surface area (Å²) in [6.07, 6.45) is 7.25. The first-order chi connectivity index (χ1) is 19.2. The first-order valence-electron chi connectivity index (χ1n) is 15.3. The Kier molecular flexibility index (Phi) is 9.40. The van der Waals surface area contributed by atoms with Crippen molar-refractivity contribution in [3.8, 4) is 0 Å². The Labute approximate surface area is 249 Å². The molecule has 0 heterocycles. The fourth-order valence-electron chi connectivity index (χ4n) is 8.90. The van der Waals surface area contributed by atoms with Crippen LogP contribution >= 0.6 is 11.8 Å². The van der Waals surface area contributed by atoms with E-state index < -0.39 is 29.0 Å². The lowest BCUT2D eigenvalue weighted by molar-refractivity contribution is -0.206. The number of thioether (sulfide) groups is 1. The van der Waals surface area contributed by atoms with E-state index >= 15 is 0 Å². The molecule has 0 spiro atoms. The Morgan fingerprint density at radius 2 is 1.85 bits per heavy atom. The molecule has 4 fully saturated rings. The highest BCUT2D eigenvalue weighted by Crippen LogP contribution is 2.68. The van der Waals surface area contributed by atoms with Crippen molar-refractivity contribution in [1.29, 1.82) is 0 Å². The van der Waals surface area contributed by atoms with Gasteiger partial charge < -0.3 is 14.7 Å². The molecule has 4 saturated carbocycles. The number of ether oxygens (including phenoxy) is 1. The van der Waals surface area contributed by atoms with Gasteiger partial charge in [-0.3, -0.25) is 19.2 Å². The summed E-state index contributed by atoms with van der Waals surface area (Å²) in [5, 5.41) is 13.0. The van der Waals surface area contributed by atoms with Crippen LogP contribution in [0.1, 0.15) is 99.3 Å². The quantitative estimate of drug-likeness (QED) is 0.253. The lowest BCUT2D eigenvalue weighted by Crippen LogP contribution is -2.63. The summed E-state index contributed by atoms with van der Waals surface area (Å²) in [6.45, 7) is 15.2. The summed E-state index contributed by atoms with van der Waals surface area (Å²) in [6, 6.07) is -0.218. The number of nitrogens with zero attached hydrogens (tertiary/aromatic N) is 1. The summed E-state index contributed by atoms with van der Waals surface area (Å²) in [5.74, 6) is -0.903. The first kappa shape index (κ1) is 32.1. The molecule has 10 atom stereocenters. The van der Waals surface area contributed by atoms with Crippen molar-refractivity contribution < 1.29 is 33.9 Å². The van der Waals surface area contributed by atoms with E-state index in [4.69, 9.17) is 9.57 Å². The number of Topliss-reactive ketones (excluding diaryl/α,β-unsaturated/α-hetero) is 1. The van der Waals surface area contributed by atoms with E-state index in [0.717, 1.165) is 38.5 Å². The van der Waals surface area contributed by atoms with Crippen LogP contribution in [0.5, 0.6) is 0 Å². The summed E-state index contributed by atoms with van der Waals surface area (Å²) in [4.78, 5) is 55.9. The van der Waals surface area contributed by atoms with Crippen molar-refractivity contribution in [2.24, 2.45) is 34.0 Å². The molecule has 0 saturated heterocycles. The van der Waals surface area contributed by atoms with Crippen LogP contribution in [0.3, 0.4) is 0 Å². The minimum atomic E-state index is -0.692. The third-order valence-electron chi connectivity index (χ3n) is 11.5. The van der Waals surface area contributed by atoms with Gasteiger partial charge in [0.15, 0.2) is 0 Å². The standard InChI is InChI=1S/C32H49NO7S/c1-8-30(6)17-26(31(7)19(2)12-14-32(20(3)29(30)38)15-13-25(36)28(31)32)39-27(37)18-41-24-11-9-10-23(16-24)33(21(4)34)40-22(5)35/h8,19-20,23-24,26,28-29,38H,1,9-18H2,2-7H3/t19-,20-,23?,24?,26+,28-,29?,30+,31+,32?/m0/s1. The average Bonchev–Trinajstić information content (AvgIpc) is 3.28. The molecule has 0 aromatic rings. The largest absolute Gasteiger partial charge is 0.461 e. The van der Waals surface area contributed by atoms with E-state index in [2.05, 4.69) is 27.4 Å². The van der Waals surface area contributed by atoms with Gasteiger partial charge in [0.25, 0.3) is 5.91 Å². The summed E-state index contributed by atoms with van der Waals surface area (Å²) >= 11 is 1.51. The number of carbonyl (C=O) groups is 4. The van der Waals surface area contributed by atoms with Gasteiger partial charge in [-0.1, -0.05) is 40.2 Å². The smallest absolute Gasteiger partial charge is 0.329 e. The molecule has 4 aliphatic carbocycles. The van der Waals surface area contributed by atoms with Crippen LogP contribution in [0.4, 0.5) is 0 Å². The molecule has 0 radical (unpaired) electrons. The number of rotatable bonds is 6. The lowest BCUT2D eigenvalue weighted by Gasteiger charge is -2.61. The van der Waals surface area contributed by atoms with E-state index in [0.29, 0.717) is 19.3 Å². The normalized spacial score (nSPS) is 42.3. The van der Waals surface area contributed by atoms with Crippen LogP contribution in [0.15, 0.2) is 12.7 Å². The molecule has 0 aliphatic heterocycles. The van der Waals surface area contributed by atoms with Crippen molar-refractivity contribution in [3.63, 3.8) is 0 Å². The molecular weight excluding hydrogens is 542 g/mol. The minimum Gasteiger partial charge on any atom is -0.461 e. The van der Waals surface area contributed by atoms with Crippen molar-refractivity contribution in [2.75, 3.05) is 5.75 Å². The Bertz CT molecular complexity index is 1060. The zero-order valence-corrected chi connectivity index (χ0v) is 26.5. The second-order valence-electron chi connectivity index (χ2n) is 13.7. The summed E-state index contributed by atoms with van der Waals surface area (Å²) in [5.41, 5.74) is -1.50. The highest BCUT2D eigenvalue weighted by Gasteiger charge is 2.68. The molecule has 4 rings (SSSR count). The van der Waals surface area contributed by atoms with Gasteiger partial charge in [-0.2, -0.15) is 5.06 Å². The number of amides is 1. The number of hydrogen-bond acceptors (Lipinski definition) is 8. The fraction of sp³-hybridized carbons (Fsp3) is 0.812. The number of hydroxylamine groups is 2. The molecule has 9 heteroatoms. The number of ketones is 1. The lowest BCUT2D eigenvalue weighted by atomic mass is 9.44. The molecule has 2 bridgehead atoms. The molecule has 0 aromatic heterocycles. The van der Waals surface area contributed by atoms with Crippen LogP contribution in [-0.2, 0) is 28.8 Å². The second-order valence-corrected chi connectivity index (χ2v) is 15.0. The van der Waals surface area contributed by atoms with Crippen LogP contribution < -0.4 is 0 Å². The number of carbonyl (C=O) groups excluding carboxylic acids is 4.